The van der Waals surface area contributed by atoms with Crippen LogP contribution in [-0.4, -0.2) is 25.3 Å². The van der Waals surface area contributed by atoms with Crippen LogP contribution in [0.25, 0.3) is 0 Å². The van der Waals surface area contributed by atoms with Gasteiger partial charge in [0.25, 0.3) is 0 Å². The largest absolute Gasteiger partial charge is 0.550 e. The molecule has 0 bridgehead atoms. The molecule has 0 amide bonds. The molecule has 31 heavy (non-hydrogen) atoms. The predicted molar refractivity (Wildman–Crippen MR) is 133 cm³/mol. The Morgan fingerprint density at radius 1 is 0.839 bits per heavy atom. The summed E-state index contributed by atoms with van der Waals surface area (Å²) in [4.78, 5) is 14.5. The summed E-state index contributed by atoms with van der Waals surface area (Å²) >= 11 is 0. The van der Waals surface area contributed by atoms with Crippen LogP contribution in [0.2, 0.25) is 0 Å². The number of aliphatic imine (C=N–C) groups is 1. The van der Waals surface area contributed by atoms with Crippen molar-refractivity contribution in [1.82, 2.24) is 10.3 Å². The summed E-state index contributed by atoms with van der Waals surface area (Å²) in [5, 5.41) is 13.9. The molecule has 0 saturated heterocycles. The van der Waals surface area contributed by atoms with Gasteiger partial charge in [-0.05, 0) is 46.0 Å². The fourth-order valence-electron chi connectivity index (χ4n) is 3.47. The number of hydrogen-bond acceptors (Lipinski definition) is 4. The molecule has 0 aliphatic rings. The van der Waals surface area contributed by atoms with Gasteiger partial charge in [-0.25, -0.2) is 0 Å². The summed E-state index contributed by atoms with van der Waals surface area (Å²) < 4.78 is 0. The molecule has 0 aromatic heterocycles. The smallest absolute Gasteiger partial charge is 0.217 e. The lowest BCUT2D eigenvalue weighted by Crippen LogP contribution is -2.24. The highest BCUT2D eigenvalue weighted by Crippen LogP contribution is 2.10. The van der Waals surface area contributed by atoms with Gasteiger partial charge in [0.05, 0.1) is 12.8 Å². The van der Waals surface area contributed by atoms with Crippen LogP contribution in [0.1, 0.15) is 124 Å². The van der Waals surface area contributed by atoms with Gasteiger partial charge in [-0.15, -0.1) is 0 Å². The molecule has 0 aromatic carbocycles. The van der Waals surface area contributed by atoms with Gasteiger partial charge in [-0.1, -0.05) is 82.4 Å². The number of aliphatic carboxylic acids is 1. The Morgan fingerprint density at radius 2 is 1.39 bits per heavy atom. The van der Waals surface area contributed by atoms with Crippen molar-refractivity contribution in [1.29, 1.82) is 0 Å². The third kappa shape index (κ3) is 22.9. The molecule has 1 radical (unpaired) electrons. The second-order valence-electron chi connectivity index (χ2n) is 8.76. The van der Waals surface area contributed by atoms with Gasteiger partial charge in [0, 0.05) is 23.2 Å². The Morgan fingerprint density at radius 3 is 1.94 bits per heavy atom. The average Bonchev–Trinajstić information content (AvgIpc) is 2.73. The van der Waals surface area contributed by atoms with E-state index in [2.05, 4.69) is 43.2 Å². The van der Waals surface area contributed by atoms with Gasteiger partial charge >= 0.3 is 0 Å². The normalized spacial score (nSPS) is 11.5. The zero-order valence-corrected chi connectivity index (χ0v) is 20.7. The van der Waals surface area contributed by atoms with Crippen LogP contribution in [-0.2, 0) is 4.79 Å². The lowest BCUT2D eigenvalue weighted by molar-refractivity contribution is -0.305. The van der Waals surface area contributed by atoms with Crippen molar-refractivity contribution < 1.29 is 9.90 Å². The lowest BCUT2D eigenvalue weighted by atomic mass is 10.1. The second-order valence-corrected chi connectivity index (χ2v) is 8.76. The molecule has 0 atom stereocenters. The zero-order valence-electron chi connectivity index (χ0n) is 20.7. The number of carbonyl (C=O) groups excluding carboxylic acids is 1. The van der Waals surface area contributed by atoms with E-state index >= 15 is 0 Å². The SMILES string of the molecule is CCCCCCCC/C=C\CCCCCCCCNC(CC=[N+]CCC(=O)[O-])=C(C)C. The van der Waals surface area contributed by atoms with E-state index in [0.29, 0.717) is 6.54 Å². The molecule has 4 heteroatoms. The molecule has 0 aliphatic carbocycles. The average molecular weight is 434 g/mol. The summed E-state index contributed by atoms with van der Waals surface area (Å²) in [6.45, 7) is 7.76. The lowest BCUT2D eigenvalue weighted by Gasteiger charge is -2.10. The predicted octanol–water partition coefficient (Wildman–Crippen LogP) is 5.84. The first-order chi connectivity index (χ1) is 15.1. The number of carboxylic acid groups (broad SMARTS) is 1. The van der Waals surface area contributed by atoms with Crippen LogP contribution in [0.3, 0.4) is 0 Å². The standard InChI is InChI=1S/C27H50N2O2/c1-4-5-6-7-8-9-10-11-12-13-14-15-16-17-18-19-22-29-26(25(2)3)20-23-28-24-21-27(30)31/h11-12,23,29H,4-10,13-22,24H2,1-3H3,(H,30,31)/q+1/p-1/b12-11-,28-23?. The molecule has 0 fully saturated rings. The van der Waals surface area contributed by atoms with Crippen molar-refractivity contribution >= 4 is 12.2 Å². The summed E-state index contributed by atoms with van der Waals surface area (Å²) in [6.07, 6.45) is 25.9. The number of hydrogen-bond donors (Lipinski definition) is 1. The maximum absolute atomic E-state index is 10.4. The van der Waals surface area contributed by atoms with Crippen LogP contribution in [0.5, 0.6) is 0 Å². The first-order valence-electron chi connectivity index (χ1n) is 12.8. The van der Waals surface area contributed by atoms with Crippen molar-refractivity contribution in [2.75, 3.05) is 13.1 Å². The van der Waals surface area contributed by atoms with Crippen LogP contribution in [0.4, 0.5) is 0 Å². The third-order valence-electron chi connectivity index (χ3n) is 5.50. The van der Waals surface area contributed by atoms with E-state index in [-0.39, 0.29) is 6.42 Å². The molecule has 0 saturated carbocycles. The van der Waals surface area contributed by atoms with Crippen LogP contribution in [0, 0.1) is 0 Å². The molecule has 0 unspecified atom stereocenters. The second kappa shape index (κ2) is 23.1. The van der Waals surface area contributed by atoms with Gasteiger partial charge < -0.3 is 15.2 Å². The Labute approximate surface area is 192 Å². The number of allylic oxidation sites excluding steroid dienone is 4. The molecule has 0 rings (SSSR count). The summed E-state index contributed by atoms with van der Waals surface area (Å²) in [5.41, 5.74) is 2.46. The maximum Gasteiger partial charge on any atom is 0.217 e. The number of carbonyl (C=O) groups is 1. The summed E-state index contributed by atoms with van der Waals surface area (Å²) in [6, 6.07) is 0. The molecule has 179 valence electrons. The van der Waals surface area contributed by atoms with Gasteiger partial charge in [0.1, 0.15) is 0 Å². The number of nitrogens with one attached hydrogen (secondary N) is 1. The van der Waals surface area contributed by atoms with Crippen LogP contribution < -0.4 is 15.4 Å². The molecule has 0 aliphatic heterocycles. The number of unbranched alkanes of at least 4 members (excludes halogenated alkanes) is 12. The van der Waals surface area contributed by atoms with Crippen molar-refractivity contribution in [3.8, 4) is 0 Å². The zero-order chi connectivity index (χ0) is 23.0. The number of rotatable bonds is 22. The molecule has 0 heterocycles. The van der Waals surface area contributed by atoms with E-state index in [4.69, 9.17) is 0 Å². The fraction of sp³-hybridized carbons (Fsp3) is 0.778. The summed E-state index contributed by atoms with van der Waals surface area (Å²) in [5.74, 6) is -1.04. The highest BCUT2D eigenvalue weighted by molar-refractivity contribution is 5.65. The van der Waals surface area contributed by atoms with E-state index in [1.807, 2.05) is 0 Å². The van der Waals surface area contributed by atoms with E-state index in [9.17, 15) is 9.90 Å². The number of carboxylic acids is 1. The minimum absolute atomic E-state index is 0.0104. The van der Waals surface area contributed by atoms with Gasteiger partial charge in [0.15, 0.2) is 0 Å². The fourth-order valence-corrected chi connectivity index (χ4v) is 3.47. The minimum Gasteiger partial charge on any atom is -0.550 e. The van der Waals surface area contributed by atoms with Crippen molar-refractivity contribution in [2.24, 2.45) is 0 Å². The number of nitrogens with zero attached hydrogens (tertiary/aromatic N) is 1. The highest BCUT2D eigenvalue weighted by atomic mass is 16.4. The highest BCUT2D eigenvalue weighted by Gasteiger charge is 2.02. The van der Waals surface area contributed by atoms with Crippen molar-refractivity contribution in [2.45, 2.75) is 124 Å². The van der Waals surface area contributed by atoms with Crippen molar-refractivity contribution in [3.63, 3.8) is 0 Å². The van der Waals surface area contributed by atoms with E-state index in [1.165, 1.54) is 101 Å². The minimum atomic E-state index is -1.04. The van der Waals surface area contributed by atoms with E-state index < -0.39 is 5.97 Å². The summed E-state index contributed by atoms with van der Waals surface area (Å²) in [7, 11) is 0. The molecular formula is C27H49N2O2. The molecule has 4 nitrogen and oxygen atoms in total. The maximum atomic E-state index is 10.4. The first-order valence-corrected chi connectivity index (χ1v) is 12.8. The van der Waals surface area contributed by atoms with Crippen molar-refractivity contribution in [3.05, 3.63) is 23.4 Å². The Kier molecular flexibility index (Phi) is 21.9. The topological polar surface area (TPSA) is 66.3 Å². The Balaban J connectivity index is 3.51. The Hall–Kier alpha value is -1.58. The van der Waals surface area contributed by atoms with E-state index in [0.717, 1.165) is 13.0 Å². The quantitative estimate of drug-likeness (QED) is 0.132. The van der Waals surface area contributed by atoms with Crippen LogP contribution in [0.15, 0.2) is 23.4 Å². The van der Waals surface area contributed by atoms with Gasteiger partial charge in [-0.3, -0.25) is 0 Å². The van der Waals surface area contributed by atoms with E-state index in [1.54, 1.807) is 6.21 Å². The van der Waals surface area contributed by atoms with Gasteiger partial charge in [0.2, 0.25) is 12.8 Å². The Bertz CT molecular complexity index is 505. The third-order valence-corrected chi connectivity index (χ3v) is 5.50. The molecule has 0 aromatic rings. The first kappa shape index (κ1) is 29.4. The molecular weight excluding hydrogens is 384 g/mol. The monoisotopic (exact) mass is 433 g/mol. The van der Waals surface area contributed by atoms with Gasteiger partial charge in [-0.2, -0.15) is 0 Å². The van der Waals surface area contributed by atoms with Crippen LogP contribution >= 0.6 is 0 Å². The molecule has 1 N–H and O–H groups in total. The molecule has 0 spiro atoms.